The molecule has 2 saturated heterocycles. The van der Waals surface area contributed by atoms with Crippen LogP contribution in [0.1, 0.15) is 11.1 Å². The number of nitrogens with zero attached hydrogens (tertiary/aromatic N) is 10. The van der Waals surface area contributed by atoms with E-state index < -0.39 is 83.4 Å². The number of hydrogen-bond donors (Lipinski definition) is 6. The largest absolute Gasteiger partial charge is 1.00 e. The number of thioether (sulfide) groups is 4. The van der Waals surface area contributed by atoms with E-state index in [1.54, 1.807) is 22.9 Å². The Labute approximate surface area is 491 Å². The SMILES string of the molecule is O=C(O)Cn1nnnc1SCC1=C(C(=O)[O-])N2C(=O)C(NC(=O)Cc3ccsc3O)[C@H]2SC1.O=C(O)Cn1nnnc1SCC1=C(C(=O)[O-])N2C(=O)C(NC(=O)Cc3ccsc3O)[C@H]2SC1.[K+].[K+]. The summed E-state index contributed by atoms with van der Waals surface area (Å²) >= 11 is 6.83. The number of carbonyl (C=O) groups is 8. The number of thiophene rings is 2. The number of aromatic nitrogens is 8. The molecule has 2 unspecified atom stereocenters. The van der Waals surface area contributed by atoms with Gasteiger partial charge in [-0.05, 0) is 54.9 Å². The van der Waals surface area contributed by atoms with Crippen molar-refractivity contribution in [3.05, 3.63) is 56.6 Å². The molecule has 4 aliphatic rings. The van der Waals surface area contributed by atoms with Crippen molar-refractivity contribution in [2.24, 2.45) is 0 Å². The first-order valence-corrected chi connectivity index (χ1v) is 24.4. The van der Waals surface area contributed by atoms with Gasteiger partial charge in [-0.25, -0.2) is 9.36 Å². The van der Waals surface area contributed by atoms with Crippen LogP contribution in [0, 0.1) is 0 Å². The summed E-state index contributed by atoms with van der Waals surface area (Å²) in [6, 6.07) is 1.43. The molecular weight excluding hydrogens is 1070 g/mol. The van der Waals surface area contributed by atoms with Gasteiger partial charge in [0, 0.05) is 34.1 Å². The van der Waals surface area contributed by atoms with Gasteiger partial charge in [0.05, 0.1) is 36.2 Å². The minimum Gasteiger partial charge on any atom is -0.543 e. The van der Waals surface area contributed by atoms with Gasteiger partial charge in [-0.2, -0.15) is 0 Å². The molecule has 4 aliphatic heterocycles. The van der Waals surface area contributed by atoms with Crippen LogP contribution in [0.15, 0.2) is 55.7 Å². The van der Waals surface area contributed by atoms with Gasteiger partial charge in [0.1, 0.15) is 35.9 Å². The molecule has 0 aliphatic carbocycles. The Bertz CT molecular complexity index is 2510. The van der Waals surface area contributed by atoms with Crippen LogP contribution >= 0.6 is 69.7 Å². The molecule has 4 aromatic heterocycles. The summed E-state index contributed by atoms with van der Waals surface area (Å²) in [6.07, 6.45) is -0.209. The Morgan fingerprint density at radius 2 is 1.06 bits per heavy atom. The van der Waals surface area contributed by atoms with Gasteiger partial charge in [0.15, 0.2) is 10.1 Å². The standard InChI is InChI=1S/2C17H16N6O7S3.2K/c2*24-9(3-7-1-2-31-16(7)30)18-11-13(27)23-12(15(28)29)8(5-32-14(11)23)6-33-17-19-20-21-22(17)4-10(25)26;;/h2*1-2,11,14,30H,3-6H2,(H,18,24)(H,25,26)(H,28,29);;/q;;2*+1/p-2/t2*11?,14-;;/m11../s1. The van der Waals surface area contributed by atoms with E-state index in [0.29, 0.717) is 22.3 Å². The van der Waals surface area contributed by atoms with E-state index in [2.05, 4.69) is 41.7 Å². The van der Waals surface area contributed by atoms with Crippen molar-refractivity contribution in [1.82, 2.24) is 60.8 Å². The maximum Gasteiger partial charge on any atom is 1.00 e. The van der Waals surface area contributed by atoms with Gasteiger partial charge in [-0.15, -0.1) is 56.4 Å². The topological polar surface area (TPSA) is 381 Å². The van der Waals surface area contributed by atoms with E-state index in [9.17, 15) is 58.8 Å². The van der Waals surface area contributed by atoms with E-state index in [1.807, 2.05) is 0 Å². The van der Waals surface area contributed by atoms with Gasteiger partial charge in [0.2, 0.25) is 22.1 Å². The first-order valence-electron chi connectivity index (χ1n) is 18.6. The summed E-state index contributed by atoms with van der Waals surface area (Å²) in [5, 5.41) is 90.0. The molecule has 348 valence electrons. The minimum atomic E-state index is -1.53. The van der Waals surface area contributed by atoms with Crippen LogP contribution in [0.3, 0.4) is 0 Å². The number of aliphatic carboxylic acids is 4. The van der Waals surface area contributed by atoms with Gasteiger partial charge in [-0.1, -0.05) is 23.5 Å². The normalized spacial score (nSPS) is 19.2. The number of carboxylic acids is 4. The number of tetrazole rings is 2. The summed E-state index contributed by atoms with van der Waals surface area (Å²) in [7, 11) is 0. The van der Waals surface area contributed by atoms with Crippen LogP contribution in [0.2, 0.25) is 0 Å². The number of hydrogen-bond acceptors (Lipinski definition) is 24. The predicted molar refractivity (Wildman–Crippen MR) is 226 cm³/mol. The first kappa shape index (κ1) is 56.0. The molecule has 4 amide bonds. The molecule has 6 N–H and O–H groups in total. The van der Waals surface area contributed by atoms with Crippen LogP contribution in [0.25, 0.3) is 0 Å². The van der Waals surface area contributed by atoms with E-state index >= 15 is 0 Å². The maximum atomic E-state index is 12.7. The molecule has 0 bridgehead atoms. The monoisotopic (exact) mass is 1100 g/mol. The Hall–Kier alpha value is -2.95. The molecule has 4 atom stereocenters. The van der Waals surface area contributed by atoms with Crippen LogP contribution in [-0.2, 0) is 64.3 Å². The number of carboxylic acid groups (broad SMARTS) is 4. The third-order valence-electron chi connectivity index (χ3n) is 9.58. The van der Waals surface area contributed by atoms with E-state index in [4.69, 9.17) is 10.2 Å². The summed E-state index contributed by atoms with van der Waals surface area (Å²) < 4.78 is 2.13. The minimum absolute atomic E-state index is 0. The van der Waals surface area contributed by atoms with Crippen molar-refractivity contribution >= 4 is 117 Å². The molecule has 68 heavy (non-hydrogen) atoms. The van der Waals surface area contributed by atoms with Crippen molar-refractivity contribution in [2.75, 3.05) is 23.0 Å². The number of carbonyl (C=O) groups excluding carboxylic acids is 6. The van der Waals surface area contributed by atoms with Crippen LogP contribution in [-0.4, -0.2) is 164 Å². The Balaban J connectivity index is 0.000000247. The molecule has 2 fully saturated rings. The van der Waals surface area contributed by atoms with Crippen LogP contribution < -0.4 is 124 Å². The maximum absolute atomic E-state index is 12.7. The summed E-state index contributed by atoms with van der Waals surface area (Å²) in [6.45, 7) is -0.901. The van der Waals surface area contributed by atoms with Gasteiger partial charge >= 0.3 is 115 Å². The second kappa shape index (κ2) is 24.9. The van der Waals surface area contributed by atoms with Crippen LogP contribution in [0.5, 0.6) is 10.1 Å². The zero-order valence-corrected chi connectivity index (χ0v) is 46.2. The average Bonchev–Trinajstić information content (AvgIpc) is 4.09. The third-order valence-corrected chi connectivity index (χ3v) is 15.9. The molecule has 8 heterocycles. The Morgan fingerprint density at radius 1 is 0.676 bits per heavy atom. The number of amides is 4. The molecular formula is C34H30K2N12O14S6. The number of β-lactam (4-membered cyclic amide) rings is 2. The molecule has 0 aromatic carbocycles. The van der Waals surface area contributed by atoms with E-state index in [1.165, 1.54) is 23.5 Å². The van der Waals surface area contributed by atoms with Gasteiger partial charge < -0.3 is 50.9 Å². The number of fused-ring (bicyclic) bond motifs is 2. The molecule has 26 nitrogen and oxygen atoms in total. The predicted octanol–water partition coefficient (Wildman–Crippen LogP) is -9.47. The number of nitrogens with one attached hydrogen (secondary N) is 2. The van der Waals surface area contributed by atoms with E-state index in [0.717, 1.165) is 65.4 Å². The zero-order valence-electron chi connectivity index (χ0n) is 35.1. The molecule has 8 rings (SSSR count). The second-order valence-corrected chi connectivity index (χ2v) is 19.7. The third kappa shape index (κ3) is 12.9. The van der Waals surface area contributed by atoms with Gasteiger partial charge in [-0.3, -0.25) is 38.6 Å². The smallest absolute Gasteiger partial charge is 0.543 e. The quantitative estimate of drug-likeness (QED) is 0.0306. The fourth-order valence-corrected chi connectivity index (χ4v) is 12.7. The van der Waals surface area contributed by atoms with Crippen LogP contribution in [0.4, 0.5) is 0 Å². The van der Waals surface area contributed by atoms with Crippen molar-refractivity contribution in [3.63, 3.8) is 0 Å². The molecule has 4 aromatic rings. The number of rotatable bonds is 18. The molecule has 0 radical (unpaired) electrons. The molecule has 34 heteroatoms. The van der Waals surface area contributed by atoms with Crippen molar-refractivity contribution < 1.29 is 172 Å². The average molecular weight is 1100 g/mol. The van der Waals surface area contributed by atoms with E-state index in [-0.39, 0.29) is 170 Å². The Morgan fingerprint density at radius 3 is 1.38 bits per heavy atom. The summed E-state index contributed by atoms with van der Waals surface area (Å²) in [5.41, 5.74) is 1.14. The second-order valence-electron chi connectivity index (χ2n) is 13.8. The van der Waals surface area contributed by atoms with Crippen molar-refractivity contribution in [1.29, 1.82) is 0 Å². The number of aromatic hydroxyl groups is 2. The molecule has 0 spiro atoms. The summed E-state index contributed by atoms with van der Waals surface area (Å²) in [5.74, 6) is -6.70. The first-order chi connectivity index (χ1) is 31.5. The summed E-state index contributed by atoms with van der Waals surface area (Å²) in [4.78, 5) is 97.6. The van der Waals surface area contributed by atoms with Crippen molar-refractivity contribution in [2.45, 2.75) is 59.1 Å². The van der Waals surface area contributed by atoms with Crippen molar-refractivity contribution in [3.8, 4) is 10.1 Å². The fourth-order valence-electron chi connectivity index (χ4n) is 6.64. The van der Waals surface area contributed by atoms with Gasteiger partial charge in [0.25, 0.3) is 11.8 Å². The molecule has 0 saturated carbocycles. The Kier molecular flexibility index (Phi) is 20.5. The fraction of sp³-hybridized carbons (Fsp3) is 0.353. The zero-order chi connectivity index (χ0) is 47.4.